The number of ether oxygens (including phenoxy) is 1. The number of amides is 2. The van der Waals surface area contributed by atoms with Gasteiger partial charge in [0.05, 0.1) is 40.7 Å². The van der Waals surface area contributed by atoms with Crippen molar-refractivity contribution in [3.8, 4) is 0 Å². The number of carbonyl (C=O) groups is 3. The second kappa shape index (κ2) is 11.9. The van der Waals surface area contributed by atoms with Crippen LogP contribution in [0.15, 0.2) is 47.6 Å². The third-order valence-corrected chi connectivity index (χ3v) is 6.34. The number of carbonyl (C=O) groups excluding carboxylic acids is 3. The van der Waals surface area contributed by atoms with Gasteiger partial charge in [-0.3, -0.25) is 9.59 Å². The Hall–Kier alpha value is -3.08. The van der Waals surface area contributed by atoms with E-state index in [1.165, 1.54) is 24.9 Å². The minimum atomic E-state index is -0.540. The Morgan fingerprint density at radius 1 is 1.09 bits per heavy atom. The van der Waals surface area contributed by atoms with Crippen molar-refractivity contribution >= 4 is 58.4 Å². The Kier molecular flexibility index (Phi) is 8.91. The number of hydrogen-bond acceptors (Lipinski definition) is 7. The number of halogens is 2. The molecule has 0 aliphatic carbocycles. The highest BCUT2D eigenvalue weighted by atomic mass is 35.5. The lowest BCUT2D eigenvalue weighted by Gasteiger charge is -2.10. The molecular formula is C22H21Cl2N5O4S. The van der Waals surface area contributed by atoms with E-state index in [1.54, 1.807) is 41.0 Å². The van der Waals surface area contributed by atoms with Crippen LogP contribution >= 0.6 is 35.0 Å². The monoisotopic (exact) mass is 521 g/mol. The zero-order valence-electron chi connectivity index (χ0n) is 18.3. The Balaban J connectivity index is 1.60. The lowest BCUT2D eigenvalue weighted by molar-refractivity contribution is -0.113. The lowest BCUT2D eigenvalue weighted by atomic mass is 10.2. The molecule has 34 heavy (non-hydrogen) atoms. The molecule has 2 N–H and O–H groups in total. The molecular weight excluding hydrogens is 501 g/mol. The third-order valence-electron chi connectivity index (χ3n) is 4.64. The number of aromatic nitrogens is 3. The van der Waals surface area contributed by atoms with E-state index >= 15 is 0 Å². The zero-order valence-corrected chi connectivity index (χ0v) is 20.6. The minimum Gasteiger partial charge on any atom is -0.465 e. The zero-order chi connectivity index (χ0) is 24.7. The molecule has 0 atom stereocenters. The number of thioether (sulfide) groups is 1. The molecule has 0 radical (unpaired) electrons. The topological polar surface area (TPSA) is 115 Å². The molecule has 12 heteroatoms. The number of benzene rings is 2. The van der Waals surface area contributed by atoms with Crippen LogP contribution in [0, 0.1) is 0 Å². The summed E-state index contributed by atoms with van der Waals surface area (Å²) in [5.74, 6) is -0.608. The van der Waals surface area contributed by atoms with Crippen molar-refractivity contribution in [3.63, 3.8) is 0 Å². The first-order valence-electron chi connectivity index (χ1n) is 10.1. The Morgan fingerprint density at radius 3 is 2.56 bits per heavy atom. The van der Waals surface area contributed by atoms with Crippen LogP contribution < -0.4 is 10.6 Å². The molecule has 0 spiro atoms. The molecule has 0 saturated heterocycles. The van der Waals surface area contributed by atoms with Gasteiger partial charge in [0.1, 0.15) is 0 Å². The first kappa shape index (κ1) is 25.5. The summed E-state index contributed by atoms with van der Waals surface area (Å²) in [5, 5.41) is 14.9. The van der Waals surface area contributed by atoms with Gasteiger partial charge in [-0.05, 0) is 37.3 Å². The number of hydrogen-bond donors (Lipinski definition) is 2. The standard InChI is InChI=1S/C22H21Cl2N5O4S/c1-3-29-18(11-25-20(31)13-8-9-15(23)16(24)10-13)27-28-22(29)34-12-19(30)26-17-7-5-4-6-14(17)21(32)33-2/h4-10H,3,11-12H2,1-2H3,(H,25,31)(H,26,30). The normalized spacial score (nSPS) is 10.6. The maximum Gasteiger partial charge on any atom is 0.339 e. The van der Waals surface area contributed by atoms with Gasteiger partial charge in [0, 0.05) is 12.1 Å². The van der Waals surface area contributed by atoms with Crippen molar-refractivity contribution in [1.29, 1.82) is 0 Å². The smallest absolute Gasteiger partial charge is 0.339 e. The van der Waals surface area contributed by atoms with E-state index < -0.39 is 5.97 Å². The average molecular weight is 522 g/mol. The number of para-hydroxylation sites is 1. The highest BCUT2D eigenvalue weighted by Gasteiger charge is 2.17. The van der Waals surface area contributed by atoms with E-state index in [9.17, 15) is 14.4 Å². The number of anilines is 1. The summed E-state index contributed by atoms with van der Waals surface area (Å²) in [5.41, 5.74) is 0.998. The summed E-state index contributed by atoms with van der Waals surface area (Å²) in [6.07, 6.45) is 0. The molecule has 2 aromatic carbocycles. The first-order chi connectivity index (χ1) is 16.3. The number of nitrogens with zero attached hydrogens (tertiary/aromatic N) is 3. The maximum atomic E-state index is 12.5. The second-order valence-corrected chi connectivity index (χ2v) is 8.59. The van der Waals surface area contributed by atoms with Crippen LogP contribution in [0.25, 0.3) is 0 Å². The van der Waals surface area contributed by atoms with Crippen molar-refractivity contribution in [3.05, 3.63) is 69.5 Å². The van der Waals surface area contributed by atoms with E-state index in [4.69, 9.17) is 27.9 Å². The van der Waals surface area contributed by atoms with Gasteiger partial charge in [0.2, 0.25) is 5.91 Å². The predicted molar refractivity (Wildman–Crippen MR) is 130 cm³/mol. The minimum absolute atomic E-state index is 0.0449. The van der Waals surface area contributed by atoms with Gasteiger partial charge in [-0.2, -0.15) is 0 Å². The average Bonchev–Trinajstić information content (AvgIpc) is 3.24. The maximum absolute atomic E-state index is 12.5. The predicted octanol–water partition coefficient (Wildman–Crippen LogP) is 4.05. The van der Waals surface area contributed by atoms with Crippen LogP contribution in [0.1, 0.15) is 33.5 Å². The first-order valence-corrected chi connectivity index (χ1v) is 11.8. The van der Waals surface area contributed by atoms with E-state index in [2.05, 4.69) is 20.8 Å². The van der Waals surface area contributed by atoms with Gasteiger partial charge in [0.15, 0.2) is 11.0 Å². The summed E-state index contributed by atoms with van der Waals surface area (Å²) in [6.45, 7) is 2.59. The number of nitrogens with one attached hydrogen (secondary N) is 2. The van der Waals surface area contributed by atoms with Gasteiger partial charge in [-0.25, -0.2) is 4.79 Å². The molecule has 178 valence electrons. The van der Waals surface area contributed by atoms with Crippen molar-refractivity contribution < 1.29 is 19.1 Å². The van der Waals surface area contributed by atoms with Gasteiger partial charge >= 0.3 is 5.97 Å². The van der Waals surface area contributed by atoms with Crippen LogP contribution in [0.3, 0.4) is 0 Å². The molecule has 1 aromatic heterocycles. The molecule has 0 aliphatic rings. The fraction of sp³-hybridized carbons (Fsp3) is 0.227. The van der Waals surface area contributed by atoms with Gasteiger partial charge < -0.3 is 19.9 Å². The van der Waals surface area contributed by atoms with Crippen LogP contribution in [-0.4, -0.2) is 45.4 Å². The van der Waals surface area contributed by atoms with Crippen LogP contribution in [0.5, 0.6) is 0 Å². The third kappa shape index (κ3) is 6.28. The van der Waals surface area contributed by atoms with Crippen molar-refractivity contribution in [2.45, 2.75) is 25.2 Å². The lowest BCUT2D eigenvalue weighted by Crippen LogP contribution is -2.24. The van der Waals surface area contributed by atoms with E-state index in [0.29, 0.717) is 33.8 Å². The quantitative estimate of drug-likeness (QED) is 0.322. The SMILES string of the molecule is CCn1c(CNC(=O)c2ccc(Cl)c(Cl)c2)nnc1SCC(=O)Nc1ccccc1C(=O)OC. The molecule has 0 bridgehead atoms. The van der Waals surface area contributed by atoms with Crippen molar-refractivity contribution in [2.75, 3.05) is 18.2 Å². The molecule has 0 fully saturated rings. The molecule has 3 aromatic rings. The Labute approximate surface area is 210 Å². The fourth-order valence-electron chi connectivity index (χ4n) is 2.97. The van der Waals surface area contributed by atoms with E-state index in [-0.39, 0.29) is 34.7 Å². The van der Waals surface area contributed by atoms with Crippen molar-refractivity contribution in [2.24, 2.45) is 0 Å². The summed E-state index contributed by atoms with van der Waals surface area (Å²) in [6, 6.07) is 11.2. The largest absolute Gasteiger partial charge is 0.465 e. The molecule has 9 nitrogen and oxygen atoms in total. The Morgan fingerprint density at radius 2 is 1.85 bits per heavy atom. The second-order valence-electron chi connectivity index (χ2n) is 6.83. The number of methoxy groups -OCH3 is 1. The summed E-state index contributed by atoms with van der Waals surface area (Å²) in [7, 11) is 1.28. The molecule has 0 saturated carbocycles. The summed E-state index contributed by atoms with van der Waals surface area (Å²) >= 11 is 13.1. The highest BCUT2D eigenvalue weighted by Crippen LogP contribution is 2.23. The molecule has 0 aliphatic heterocycles. The fourth-order valence-corrected chi connectivity index (χ4v) is 4.09. The van der Waals surface area contributed by atoms with E-state index in [0.717, 1.165) is 0 Å². The molecule has 0 unspecified atom stereocenters. The molecule has 3 rings (SSSR count). The highest BCUT2D eigenvalue weighted by molar-refractivity contribution is 7.99. The van der Waals surface area contributed by atoms with Gasteiger partial charge in [-0.1, -0.05) is 47.1 Å². The van der Waals surface area contributed by atoms with Gasteiger partial charge in [0.25, 0.3) is 5.91 Å². The van der Waals surface area contributed by atoms with E-state index in [1.807, 2.05) is 6.92 Å². The Bertz CT molecular complexity index is 1220. The summed E-state index contributed by atoms with van der Waals surface area (Å²) in [4.78, 5) is 36.7. The molecule has 1 heterocycles. The van der Waals surface area contributed by atoms with Gasteiger partial charge in [-0.15, -0.1) is 10.2 Å². The van der Waals surface area contributed by atoms with Crippen LogP contribution in [-0.2, 0) is 22.6 Å². The molecule has 2 amide bonds. The summed E-state index contributed by atoms with van der Waals surface area (Å²) < 4.78 is 6.54. The van der Waals surface area contributed by atoms with Crippen LogP contribution in [0.4, 0.5) is 5.69 Å². The number of rotatable bonds is 9. The number of esters is 1. The van der Waals surface area contributed by atoms with Crippen molar-refractivity contribution in [1.82, 2.24) is 20.1 Å². The van der Waals surface area contributed by atoms with Crippen LogP contribution in [0.2, 0.25) is 10.0 Å².